The number of rotatable bonds is 2. The summed E-state index contributed by atoms with van der Waals surface area (Å²) in [6.45, 7) is 6.38. The van der Waals surface area contributed by atoms with Gasteiger partial charge in [-0.3, -0.25) is 9.59 Å². The number of carbonyl (C=O) groups is 2. The van der Waals surface area contributed by atoms with Crippen molar-refractivity contribution in [2.24, 2.45) is 23.5 Å². The maximum atomic E-state index is 12.5. The van der Waals surface area contributed by atoms with Gasteiger partial charge in [0, 0.05) is 32.1 Å². The van der Waals surface area contributed by atoms with Gasteiger partial charge in [0.1, 0.15) is 0 Å². The molecule has 2 bridgehead atoms. The van der Waals surface area contributed by atoms with Crippen molar-refractivity contribution in [2.45, 2.75) is 51.6 Å². The molecular weight excluding hydrogens is 302 g/mol. The molecule has 126 valence electrons. The van der Waals surface area contributed by atoms with Crippen LogP contribution in [0.25, 0.3) is 0 Å². The molecule has 4 atom stereocenters. The second kappa shape index (κ2) is 6.75. The first-order valence-electron chi connectivity index (χ1n) is 8.31. The summed E-state index contributed by atoms with van der Waals surface area (Å²) in [5, 5.41) is 0. The molecular formula is C16H28ClN3O2. The maximum Gasteiger partial charge on any atom is 0.239 e. The lowest BCUT2D eigenvalue weighted by molar-refractivity contribution is -0.149. The van der Waals surface area contributed by atoms with Gasteiger partial charge in [-0.05, 0) is 37.0 Å². The molecule has 22 heavy (non-hydrogen) atoms. The quantitative estimate of drug-likeness (QED) is 0.829. The summed E-state index contributed by atoms with van der Waals surface area (Å²) in [7, 11) is 0. The van der Waals surface area contributed by atoms with Crippen LogP contribution in [-0.4, -0.2) is 53.3 Å². The minimum atomic E-state index is -0.395. The SMILES string of the molecule is CC(C)[C@H](N)C(=O)N1C[C@@H]2C[C@H](C1)[C@@H]1CCCC(=O)N1C2.Cl. The summed E-state index contributed by atoms with van der Waals surface area (Å²) in [5.74, 6) is 1.47. The first-order chi connectivity index (χ1) is 9.97. The topological polar surface area (TPSA) is 66.6 Å². The number of nitrogens with zero attached hydrogens (tertiary/aromatic N) is 2. The third kappa shape index (κ3) is 3.11. The van der Waals surface area contributed by atoms with E-state index >= 15 is 0 Å². The third-order valence-electron chi connectivity index (χ3n) is 5.49. The molecule has 0 aromatic rings. The summed E-state index contributed by atoms with van der Waals surface area (Å²) in [6, 6.07) is -0.0405. The van der Waals surface area contributed by atoms with Gasteiger partial charge in [-0.2, -0.15) is 0 Å². The highest BCUT2D eigenvalue weighted by Crippen LogP contribution is 2.38. The van der Waals surface area contributed by atoms with Crippen LogP contribution in [0.15, 0.2) is 0 Å². The molecule has 6 heteroatoms. The Labute approximate surface area is 139 Å². The molecule has 3 saturated heterocycles. The van der Waals surface area contributed by atoms with E-state index in [0.29, 0.717) is 30.2 Å². The minimum Gasteiger partial charge on any atom is -0.341 e. The monoisotopic (exact) mass is 329 g/mol. The van der Waals surface area contributed by atoms with Crippen molar-refractivity contribution in [3.05, 3.63) is 0 Å². The first kappa shape index (κ1) is 17.5. The van der Waals surface area contributed by atoms with Gasteiger partial charge in [0.05, 0.1) is 6.04 Å². The highest BCUT2D eigenvalue weighted by Gasteiger charge is 2.45. The molecule has 3 rings (SSSR count). The first-order valence-corrected chi connectivity index (χ1v) is 8.31. The van der Waals surface area contributed by atoms with Gasteiger partial charge < -0.3 is 15.5 Å². The molecule has 0 aromatic carbocycles. The number of halogens is 1. The van der Waals surface area contributed by atoms with Crippen molar-refractivity contribution in [3.63, 3.8) is 0 Å². The smallest absolute Gasteiger partial charge is 0.239 e. The number of carbonyl (C=O) groups excluding carboxylic acids is 2. The maximum absolute atomic E-state index is 12.5. The highest BCUT2D eigenvalue weighted by atomic mass is 35.5. The van der Waals surface area contributed by atoms with Crippen LogP contribution in [0.4, 0.5) is 0 Å². The summed E-state index contributed by atoms with van der Waals surface area (Å²) < 4.78 is 0. The normalized spacial score (nSPS) is 32.4. The van der Waals surface area contributed by atoms with Crippen LogP contribution in [0.1, 0.15) is 39.5 Å². The molecule has 0 spiro atoms. The molecule has 3 aliphatic heterocycles. The van der Waals surface area contributed by atoms with Gasteiger partial charge in [-0.1, -0.05) is 13.8 Å². The van der Waals surface area contributed by atoms with Crippen molar-refractivity contribution >= 4 is 24.2 Å². The van der Waals surface area contributed by atoms with Gasteiger partial charge in [0.15, 0.2) is 0 Å². The van der Waals surface area contributed by atoms with Gasteiger partial charge >= 0.3 is 0 Å². The van der Waals surface area contributed by atoms with Gasteiger partial charge in [-0.15, -0.1) is 12.4 Å². The van der Waals surface area contributed by atoms with E-state index in [0.717, 1.165) is 38.9 Å². The Bertz CT molecular complexity index is 443. The highest BCUT2D eigenvalue weighted by molar-refractivity contribution is 5.85. The zero-order valence-electron chi connectivity index (χ0n) is 13.5. The van der Waals surface area contributed by atoms with Gasteiger partial charge in [0.25, 0.3) is 0 Å². The molecule has 0 unspecified atom stereocenters. The molecule has 0 saturated carbocycles. The zero-order chi connectivity index (χ0) is 15.1. The summed E-state index contributed by atoms with van der Waals surface area (Å²) in [4.78, 5) is 28.7. The average Bonchev–Trinajstić information content (AvgIpc) is 2.46. The lowest BCUT2D eigenvalue weighted by Gasteiger charge is -2.52. The molecule has 2 N–H and O–H groups in total. The van der Waals surface area contributed by atoms with Crippen LogP contribution < -0.4 is 5.73 Å². The number of nitrogens with two attached hydrogens (primary N) is 1. The fraction of sp³-hybridized carbons (Fsp3) is 0.875. The second-order valence-corrected chi connectivity index (χ2v) is 7.38. The Morgan fingerprint density at radius 1 is 1.27 bits per heavy atom. The zero-order valence-corrected chi connectivity index (χ0v) is 14.3. The Balaban J connectivity index is 0.00000176. The minimum absolute atomic E-state index is 0. The van der Waals surface area contributed by atoms with E-state index in [1.165, 1.54) is 0 Å². The molecule has 3 aliphatic rings. The van der Waals surface area contributed by atoms with Crippen molar-refractivity contribution in [1.82, 2.24) is 9.80 Å². The fourth-order valence-electron chi connectivity index (χ4n) is 4.29. The molecule has 0 radical (unpaired) electrons. The lowest BCUT2D eigenvalue weighted by Crippen LogP contribution is -2.62. The van der Waals surface area contributed by atoms with E-state index in [9.17, 15) is 9.59 Å². The number of amides is 2. The van der Waals surface area contributed by atoms with Crippen LogP contribution in [0.3, 0.4) is 0 Å². The summed E-state index contributed by atoms with van der Waals surface area (Å²) in [6.07, 6.45) is 3.97. The fourth-order valence-corrected chi connectivity index (χ4v) is 4.29. The number of hydrogen-bond acceptors (Lipinski definition) is 3. The molecule has 5 nitrogen and oxygen atoms in total. The number of piperidine rings is 3. The van der Waals surface area contributed by atoms with Crippen molar-refractivity contribution < 1.29 is 9.59 Å². The molecule has 2 amide bonds. The molecule has 0 aromatic heterocycles. The van der Waals surface area contributed by atoms with E-state index in [-0.39, 0.29) is 24.2 Å². The Kier molecular flexibility index (Phi) is 5.38. The molecule has 0 aliphatic carbocycles. The van der Waals surface area contributed by atoms with E-state index in [4.69, 9.17) is 5.73 Å². The average molecular weight is 330 g/mol. The Hall–Kier alpha value is -0.810. The number of likely N-dealkylation sites (tertiary alicyclic amines) is 1. The van der Waals surface area contributed by atoms with E-state index in [1.807, 2.05) is 18.7 Å². The Morgan fingerprint density at radius 3 is 2.68 bits per heavy atom. The van der Waals surface area contributed by atoms with E-state index in [2.05, 4.69) is 4.90 Å². The number of hydrogen-bond donors (Lipinski definition) is 1. The predicted molar refractivity (Wildman–Crippen MR) is 87.6 cm³/mol. The predicted octanol–water partition coefficient (Wildman–Crippen LogP) is 1.25. The van der Waals surface area contributed by atoms with Crippen molar-refractivity contribution in [2.75, 3.05) is 19.6 Å². The van der Waals surface area contributed by atoms with Crippen LogP contribution in [0.2, 0.25) is 0 Å². The van der Waals surface area contributed by atoms with Gasteiger partial charge in [-0.25, -0.2) is 0 Å². The van der Waals surface area contributed by atoms with Crippen molar-refractivity contribution in [1.29, 1.82) is 0 Å². The summed E-state index contributed by atoms with van der Waals surface area (Å²) >= 11 is 0. The van der Waals surface area contributed by atoms with E-state index in [1.54, 1.807) is 0 Å². The van der Waals surface area contributed by atoms with Crippen LogP contribution in [-0.2, 0) is 9.59 Å². The Morgan fingerprint density at radius 2 is 2.00 bits per heavy atom. The van der Waals surface area contributed by atoms with Crippen LogP contribution >= 0.6 is 12.4 Å². The molecule has 3 fully saturated rings. The van der Waals surface area contributed by atoms with E-state index < -0.39 is 6.04 Å². The number of fused-ring (bicyclic) bond motifs is 4. The summed E-state index contributed by atoms with van der Waals surface area (Å²) in [5.41, 5.74) is 6.04. The second-order valence-electron chi connectivity index (χ2n) is 7.38. The lowest BCUT2D eigenvalue weighted by atomic mass is 9.75. The largest absolute Gasteiger partial charge is 0.341 e. The van der Waals surface area contributed by atoms with Gasteiger partial charge in [0.2, 0.25) is 11.8 Å². The standard InChI is InChI=1S/C16H27N3O2.ClH/c1-10(2)15(17)16(21)18-7-11-6-12(9-18)13-4-3-5-14(20)19(13)8-11;/h10-13,15H,3-9,17H2,1-2H3;1H/t11-,12+,13-,15-;/m0./s1. The molecule has 3 heterocycles. The van der Waals surface area contributed by atoms with Crippen molar-refractivity contribution in [3.8, 4) is 0 Å². The van der Waals surface area contributed by atoms with Crippen LogP contribution in [0, 0.1) is 17.8 Å². The third-order valence-corrected chi connectivity index (χ3v) is 5.49. The van der Waals surface area contributed by atoms with Crippen LogP contribution in [0.5, 0.6) is 0 Å².